The Balaban J connectivity index is 1.87. The third-order valence-corrected chi connectivity index (χ3v) is 4.76. The molecule has 1 aromatic rings. The molecule has 1 aliphatic heterocycles. The number of aliphatic hydroxyl groups excluding tert-OH is 1. The Morgan fingerprint density at radius 1 is 1.38 bits per heavy atom. The van der Waals surface area contributed by atoms with Crippen molar-refractivity contribution in [3.63, 3.8) is 0 Å². The van der Waals surface area contributed by atoms with Gasteiger partial charge in [0, 0.05) is 19.1 Å². The molecule has 118 valence electrons. The van der Waals surface area contributed by atoms with E-state index < -0.39 is 5.54 Å². The van der Waals surface area contributed by atoms with Gasteiger partial charge >= 0.3 is 0 Å². The minimum absolute atomic E-state index is 0.0197. The van der Waals surface area contributed by atoms with Crippen LogP contribution in [0.3, 0.4) is 0 Å². The van der Waals surface area contributed by atoms with E-state index in [2.05, 4.69) is 23.9 Å². The van der Waals surface area contributed by atoms with E-state index in [0.29, 0.717) is 6.04 Å². The van der Waals surface area contributed by atoms with Crippen molar-refractivity contribution < 1.29 is 5.11 Å². The lowest BCUT2D eigenvalue weighted by molar-refractivity contribution is 0.159. The largest absolute Gasteiger partial charge is 0.394 e. The summed E-state index contributed by atoms with van der Waals surface area (Å²) in [6.07, 6.45) is 3.35. The van der Waals surface area contributed by atoms with Crippen molar-refractivity contribution in [2.24, 2.45) is 5.73 Å². The van der Waals surface area contributed by atoms with Crippen LogP contribution >= 0.6 is 0 Å². The Hall–Kier alpha value is -0.940. The SMILES string of the molecule is CN(CCC(N)(CO)c1ccccc1)CC1CCCN1C. The molecule has 0 spiro atoms. The van der Waals surface area contributed by atoms with E-state index in [1.54, 1.807) is 0 Å². The fourth-order valence-corrected chi connectivity index (χ4v) is 3.14. The van der Waals surface area contributed by atoms with E-state index in [-0.39, 0.29) is 6.61 Å². The lowest BCUT2D eigenvalue weighted by atomic mass is 9.88. The summed E-state index contributed by atoms with van der Waals surface area (Å²) in [6, 6.07) is 10.6. The maximum atomic E-state index is 9.73. The van der Waals surface area contributed by atoms with Gasteiger partial charge in [-0.05, 0) is 45.5 Å². The highest BCUT2D eigenvalue weighted by Crippen LogP contribution is 2.22. The van der Waals surface area contributed by atoms with Crippen LogP contribution in [0.2, 0.25) is 0 Å². The molecule has 0 radical (unpaired) electrons. The van der Waals surface area contributed by atoms with E-state index in [1.165, 1.54) is 19.4 Å². The predicted octanol–water partition coefficient (Wildman–Crippen LogP) is 1.25. The van der Waals surface area contributed by atoms with Gasteiger partial charge in [0.05, 0.1) is 12.1 Å². The maximum absolute atomic E-state index is 9.73. The smallest absolute Gasteiger partial charge is 0.0656 e. The first-order chi connectivity index (χ1) is 10.0. The summed E-state index contributed by atoms with van der Waals surface area (Å²) >= 11 is 0. The van der Waals surface area contributed by atoms with E-state index in [9.17, 15) is 5.11 Å². The van der Waals surface area contributed by atoms with Gasteiger partial charge < -0.3 is 20.6 Å². The number of benzene rings is 1. The summed E-state index contributed by atoms with van der Waals surface area (Å²) in [7, 11) is 4.35. The van der Waals surface area contributed by atoms with Crippen LogP contribution in [0.1, 0.15) is 24.8 Å². The van der Waals surface area contributed by atoms with Gasteiger partial charge in [0.25, 0.3) is 0 Å². The van der Waals surface area contributed by atoms with Crippen LogP contribution in [0.4, 0.5) is 0 Å². The fourth-order valence-electron chi connectivity index (χ4n) is 3.14. The van der Waals surface area contributed by atoms with Gasteiger partial charge in [-0.15, -0.1) is 0 Å². The normalized spacial score (nSPS) is 22.6. The van der Waals surface area contributed by atoms with Crippen molar-refractivity contribution in [2.45, 2.75) is 30.8 Å². The molecule has 0 aliphatic carbocycles. The number of nitrogens with two attached hydrogens (primary N) is 1. The number of likely N-dealkylation sites (tertiary alicyclic amines) is 1. The zero-order chi connectivity index (χ0) is 15.3. The fraction of sp³-hybridized carbons (Fsp3) is 0.647. The molecular formula is C17H29N3O. The second kappa shape index (κ2) is 7.36. The first kappa shape index (κ1) is 16.4. The zero-order valence-electron chi connectivity index (χ0n) is 13.3. The van der Waals surface area contributed by atoms with Crippen LogP contribution in [0.25, 0.3) is 0 Å². The van der Waals surface area contributed by atoms with Gasteiger partial charge in [0.15, 0.2) is 0 Å². The molecule has 4 nitrogen and oxygen atoms in total. The average molecular weight is 291 g/mol. The zero-order valence-corrected chi connectivity index (χ0v) is 13.3. The molecule has 1 fully saturated rings. The second-order valence-corrected chi connectivity index (χ2v) is 6.47. The van der Waals surface area contributed by atoms with Gasteiger partial charge in [-0.25, -0.2) is 0 Å². The maximum Gasteiger partial charge on any atom is 0.0656 e. The summed E-state index contributed by atoms with van der Waals surface area (Å²) in [5.41, 5.74) is 6.79. The van der Waals surface area contributed by atoms with Gasteiger partial charge in [-0.1, -0.05) is 30.3 Å². The summed E-state index contributed by atoms with van der Waals surface area (Å²) < 4.78 is 0. The highest BCUT2D eigenvalue weighted by atomic mass is 16.3. The molecule has 2 rings (SSSR count). The Labute approximate surface area is 128 Å². The van der Waals surface area contributed by atoms with Gasteiger partial charge in [-0.2, -0.15) is 0 Å². The van der Waals surface area contributed by atoms with E-state index in [4.69, 9.17) is 5.73 Å². The third-order valence-electron chi connectivity index (χ3n) is 4.76. The number of nitrogens with zero attached hydrogens (tertiary/aromatic N) is 2. The van der Waals surface area contributed by atoms with E-state index >= 15 is 0 Å². The molecule has 2 unspecified atom stereocenters. The van der Waals surface area contributed by atoms with Crippen LogP contribution in [0.5, 0.6) is 0 Å². The van der Waals surface area contributed by atoms with Crippen LogP contribution in [-0.2, 0) is 5.54 Å². The minimum atomic E-state index is -0.642. The lowest BCUT2D eigenvalue weighted by Crippen LogP contribution is -2.44. The van der Waals surface area contributed by atoms with Crippen molar-refractivity contribution in [1.29, 1.82) is 0 Å². The molecular weight excluding hydrogens is 262 g/mol. The predicted molar refractivity (Wildman–Crippen MR) is 87.2 cm³/mol. The standard InChI is InChI=1S/C17H29N3O/c1-19(13-16-9-6-11-20(16)2)12-10-17(18,14-21)15-7-4-3-5-8-15/h3-5,7-8,16,21H,6,9-14,18H2,1-2H3. The Morgan fingerprint density at radius 2 is 2.10 bits per heavy atom. The molecule has 1 heterocycles. The number of likely N-dealkylation sites (N-methyl/N-ethyl adjacent to an activating group) is 2. The van der Waals surface area contributed by atoms with Gasteiger partial charge in [0.2, 0.25) is 0 Å². The van der Waals surface area contributed by atoms with Crippen LogP contribution < -0.4 is 5.73 Å². The first-order valence-corrected chi connectivity index (χ1v) is 7.89. The molecule has 0 aromatic heterocycles. The monoisotopic (exact) mass is 291 g/mol. The molecule has 21 heavy (non-hydrogen) atoms. The Kier molecular flexibility index (Phi) is 5.76. The molecule has 1 aromatic carbocycles. The average Bonchev–Trinajstić information content (AvgIpc) is 2.91. The molecule has 0 saturated carbocycles. The summed E-state index contributed by atoms with van der Waals surface area (Å²) in [6.45, 7) is 3.16. The second-order valence-electron chi connectivity index (χ2n) is 6.47. The van der Waals surface area contributed by atoms with Crippen LogP contribution in [0.15, 0.2) is 30.3 Å². The molecule has 1 saturated heterocycles. The highest BCUT2D eigenvalue weighted by Gasteiger charge is 2.27. The number of hydrogen-bond acceptors (Lipinski definition) is 4. The quantitative estimate of drug-likeness (QED) is 0.794. The van der Waals surface area contributed by atoms with Gasteiger partial charge in [-0.3, -0.25) is 0 Å². The molecule has 0 bridgehead atoms. The van der Waals surface area contributed by atoms with E-state index in [1.807, 2.05) is 30.3 Å². The van der Waals surface area contributed by atoms with Crippen molar-refractivity contribution in [1.82, 2.24) is 9.80 Å². The van der Waals surface area contributed by atoms with Crippen molar-refractivity contribution in [3.8, 4) is 0 Å². The minimum Gasteiger partial charge on any atom is -0.394 e. The first-order valence-electron chi connectivity index (χ1n) is 7.89. The van der Waals surface area contributed by atoms with Crippen molar-refractivity contribution >= 4 is 0 Å². The Morgan fingerprint density at radius 3 is 2.67 bits per heavy atom. The summed E-state index contributed by atoms with van der Waals surface area (Å²) in [5.74, 6) is 0. The van der Waals surface area contributed by atoms with Crippen LogP contribution in [-0.4, -0.2) is 61.3 Å². The topological polar surface area (TPSA) is 52.7 Å². The van der Waals surface area contributed by atoms with E-state index in [0.717, 1.165) is 25.1 Å². The van der Waals surface area contributed by atoms with Crippen molar-refractivity contribution in [2.75, 3.05) is 40.3 Å². The molecule has 1 aliphatic rings. The number of aliphatic hydroxyl groups is 1. The highest BCUT2D eigenvalue weighted by molar-refractivity contribution is 5.24. The lowest BCUT2D eigenvalue weighted by Gasteiger charge is -2.32. The molecule has 2 atom stereocenters. The third kappa shape index (κ3) is 4.27. The van der Waals surface area contributed by atoms with Gasteiger partial charge in [0.1, 0.15) is 0 Å². The Bertz CT molecular complexity index is 425. The van der Waals surface area contributed by atoms with Crippen LogP contribution in [0, 0.1) is 0 Å². The molecule has 3 N–H and O–H groups in total. The number of rotatable bonds is 7. The summed E-state index contributed by atoms with van der Waals surface area (Å²) in [5, 5.41) is 9.73. The number of hydrogen-bond donors (Lipinski definition) is 2. The molecule has 4 heteroatoms. The summed E-state index contributed by atoms with van der Waals surface area (Å²) in [4.78, 5) is 4.78. The van der Waals surface area contributed by atoms with Crippen molar-refractivity contribution in [3.05, 3.63) is 35.9 Å². The molecule has 0 amide bonds.